The van der Waals surface area contributed by atoms with Crippen molar-refractivity contribution in [2.75, 3.05) is 5.73 Å². The molecule has 0 aromatic heterocycles. The van der Waals surface area contributed by atoms with Crippen molar-refractivity contribution < 1.29 is 62.0 Å². The van der Waals surface area contributed by atoms with Gasteiger partial charge in [-0.25, -0.2) is 0 Å². The number of hydrogen-bond donors (Lipinski definition) is 4. The molecule has 0 aliphatic rings. The average Bonchev–Trinajstić information content (AvgIpc) is 2.27. The van der Waals surface area contributed by atoms with Crippen molar-refractivity contribution in [1.29, 1.82) is 0 Å². The first-order chi connectivity index (χ1) is 9.00. The van der Waals surface area contributed by atoms with Gasteiger partial charge in [-0.3, -0.25) is 9.11 Å². The molecule has 21 heavy (non-hydrogen) atoms. The van der Waals surface area contributed by atoms with E-state index in [1.165, 1.54) is 0 Å². The first-order valence-electron chi connectivity index (χ1n) is 5.01. The molecule has 0 fully saturated rings. The summed E-state index contributed by atoms with van der Waals surface area (Å²) in [5.41, 5.74) is 5.39. The van der Waals surface area contributed by atoms with Crippen LogP contribution in [0.15, 0.2) is 34.1 Å². The van der Waals surface area contributed by atoms with Crippen LogP contribution in [0.1, 0.15) is 1.43 Å². The number of phenols is 1. The van der Waals surface area contributed by atoms with Crippen molar-refractivity contribution in [3.8, 4) is 5.75 Å². The topological polar surface area (TPSA) is 155 Å². The van der Waals surface area contributed by atoms with Crippen LogP contribution in [0.2, 0.25) is 0 Å². The van der Waals surface area contributed by atoms with Gasteiger partial charge in [0.05, 0.1) is 9.79 Å². The summed E-state index contributed by atoms with van der Waals surface area (Å²) >= 11 is 0. The number of rotatable bonds is 2. The Labute approximate surface area is 143 Å². The third-order valence-electron chi connectivity index (χ3n) is 2.62. The summed E-state index contributed by atoms with van der Waals surface area (Å²) in [6, 6.07) is 3.56. The molecular formula is C10H10NNaO7S2. The predicted octanol–water partition coefficient (Wildman–Crippen LogP) is -2.26. The summed E-state index contributed by atoms with van der Waals surface area (Å²) < 4.78 is 62.0. The van der Waals surface area contributed by atoms with E-state index in [2.05, 4.69) is 0 Å². The third-order valence-corrected chi connectivity index (χ3v) is 4.29. The van der Waals surface area contributed by atoms with Gasteiger partial charge in [-0.15, -0.1) is 0 Å². The average molecular weight is 343 g/mol. The Bertz CT molecular complexity index is 851. The van der Waals surface area contributed by atoms with Gasteiger partial charge in [0.25, 0.3) is 20.2 Å². The second-order valence-electron chi connectivity index (χ2n) is 4.00. The minimum absolute atomic E-state index is 0. The Balaban J connectivity index is 0.00000220. The normalized spacial score (nSPS) is 12.1. The van der Waals surface area contributed by atoms with E-state index >= 15 is 0 Å². The van der Waals surface area contributed by atoms with E-state index in [0.717, 1.165) is 24.3 Å². The van der Waals surface area contributed by atoms with Gasteiger partial charge in [0, 0.05) is 22.5 Å². The quantitative estimate of drug-likeness (QED) is 0.270. The molecule has 2 rings (SSSR count). The molecule has 5 N–H and O–H groups in total. The Morgan fingerprint density at radius 1 is 0.857 bits per heavy atom. The fraction of sp³-hybridized carbons (Fsp3) is 0. The minimum Gasteiger partial charge on any atom is -1.00 e. The molecule has 11 heteroatoms. The number of nitrogens with two attached hydrogens (primary N) is 1. The van der Waals surface area contributed by atoms with E-state index in [9.17, 15) is 21.9 Å². The first kappa shape index (κ1) is 18.2. The van der Waals surface area contributed by atoms with Gasteiger partial charge in [0.1, 0.15) is 5.75 Å². The van der Waals surface area contributed by atoms with Crippen LogP contribution < -0.4 is 35.3 Å². The molecule has 0 spiro atoms. The molecule has 110 valence electrons. The molecule has 0 bridgehead atoms. The van der Waals surface area contributed by atoms with E-state index in [4.69, 9.17) is 14.8 Å². The van der Waals surface area contributed by atoms with Crippen molar-refractivity contribution in [1.82, 2.24) is 0 Å². The van der Waals surface area contributed by atoms with Crippen molar-refractivity contribution in [2.24, 2.45) is 0 Å². The van der Waals surface area contributed by atoms with E-state index < -0.39 is 35.8 Å². The van der Waals surface area contributed by atoms with Gasteiger partial charge in [-0.05, 0) is 18.2 Å². The number of nitrogen functional groups attached to an aromatic ring is 1. The molecule has 0 heterocycles. The zero-order chi connectivity index (χ0) is 15.3. The molecule has 0 atom stereocenters. The van der Waals surface area contributed by atoms with Crippen LogP contribution in [0, 0.1) is 0 Å². The van der Waals surface area contributed by atoms with Crippen molar-refractivity contribution >= 4 is 36.7 Å². The second kappa shape index (κ2) is 5.72. The number of benzene rings is 2. The van der Waals surface area contributed by atoms with Crippen molar-refractivity contribution in [2.45, 2.75) is 9.79 Å². The summed E-state index contributed by atoms with van der Waals surface area (Å²) in [6.45, 7) is 0. The molecule has 0 amide bonds. The number of aromatic hydroxyl groups is 1. The molecule has 0 saturated carbocycles. The minimum atomic E-state index is -4.56. The largest absolute Gasteiger partial charge is 1.00 e. The fourth-order valence-electron chi connectivity index (χ4n) is 1.72. The Hall–Kier alpha value is -0.880. The summed E-state index contributed by atoms with van der Waals surface area (Å²) in [4.78, 5) is -1.13. The Morgan fingerprint density at radius 2 is 1.29 bits per heavy atom. The zero-order valence-corrected chi connectivity index (χ0v) is 14.3. The maximum absolute atomic E-state index is 11.0. The number of anilines is 1. The monoisotopic (exact) mass is 343 g/mol. The number of hydrogen-bond acceptors (Lipinski definition) is 6. The SMILES string of the molecule is Nc1cc(S(=O)(=O)O)cc2c(O)cc(S(=O)(=O)O)cc12.[H-].[Na+]. The summed E-state index contributed by atoms with van der Waals surface area (Å²) in [6.07, 6.45) is 0. The van der Waals surface area contributed by atoms with Crippen LogP contribution in [0.3, 0.4) is 0 Å². The van der Waals surface area contributed by atoms with E-state index in [1.54, 1.807) is 0 Å². The van der Waals surface area contributed by atoms with Crippen LogP contribution in [0.25, 0.3) is 10.8 Å². The van der Waals surface area contributed by atoms with Crippen LogP contribution in [0.4, 0.5) is 5.69 Å². The van der Waals surface area contributed by atoms with Crippen LogP contribution in [-0.2, 0) is 20.2 Å². The fourth-order valence-corrected chi connectivity index (χ4v) is 2.79. The van der Waals surface area contributed by atoms with Gasteiger partial charge in [0.2, 0.25) is 0 Å². The van der Waals surface area contributed by atoms with Crippen molar-refractivity contribution in [3.63, 3.8) is 0 Å². The second-order valence-corrected chi connectivity index (χ2v) is 6.84. The summed E-state index contributed by atoms with van der Waals surface area (Å²) in [5.74, 6) is -0.604. The molecule has 2 aromatic carbocycles. The van der Waals surface area contributed by atoms with E-state index in [1.807, 2.05) is 0 Å². The number of phenolic OH excluding ortho intramolecular Hbond substituents is 1. The molecule has 0 unspecified atom stereocenters. The maximum atomic E-state index is 11.0. The molecule has 0 radical (unpaired) electrons. The van der Waals surface area contributed by atoms with Gasteiger partial charge in [0.15, 0.2) is 0 Å². The van der Waals surface area contributed by atoms with E-state index in [0.29, 0.717) is 0 Å². The first-order valence-corrected chi connectivity index (χ1v) is 7.89. The molecular weight excluding hydrogens is 333 g/mol. The zero-order valence-electron chi connectivity index (χ0n) is 11.7. The Morgan fingerprint density at radius 3 is 1.76 bits per heavy atom. The third kappa shape index (κ3) is 3.66. The summed E-state index contributed by atoms with van der Waals surface area (Å²) in [5, 5.41) is 9.66. The Kier molecular flexibility index (Phi) is 4.95. The van der Waals surface area contributed by atoms with Crippen molar-refractivity contribution in [3.05, 3.63) is 24.3 Å². The van der Waals surface area contributed by atoms with Gasteiger partial charge in [-0.1, -0.05) is 0 Å². The van der Waals surface area contributed by atoms with Gasteiger partial charge < -0.3 is 12.3 Å². The molecule has 0 aliphatic carbocycles. The predicted molar refractivity (Wildman–Crippen MR) is 70.8 cm³/mol. The van der Waals surface area contributed by atoms with Gasteiger partial charge in [-0.2, -0.15) is 16.8 Å². The smallest absolute Gasteiger partial charge is 1.00 e. The van der Waals surface area contributed by atoms with Crippen LogP contribution >= 0.6 is 0 Å². The summed E-state index contributed by atoms with van der Waals surface area (Å²) in [7, 11) is -9.09. The molecule has 0 aliphatic heterocycles. The van der Waals surface area contributed by atoms with Crippen LogP contribution in [-0.4, -0.2) is 31.0 Å². The van der Waals surface area contributed by atoms with Crippen LogP contribution in [0.5, 0.6) is 5.75 Å². The molecule has 0 saturated heterocycles. The maximum Gasteiger partial charge on any atom is 1.00 e. The molecule has 2 aromatic rings. The van der Waals surface area contributed by atoms with E-state index in [-0.39, 0.29) is 47.4 Å². The molecule has 8 nitrogen and oxygen atoms in total. The van der Waals surface area contributed by atoms with Gasteiger partial charge >= 0.3 is 29.6 Å². The number of fused-ring (bicyclic) bond motifs is 1. The standard InChI is InChI=1S/C10H9NO7S2.Na.H/c11-9-3-5(19(13,14)15)2-8-7(9)1-6(4-10(8)12)20(16,17)18;;/h1-4,12H,11H2,(H,13,14,15)(H,16,17,18);;/q;+1;-1.